The van der Waals surface area contributed by atoms with Crippen molar-refractivity contribution in [2.24, 2.45) is 0 Å². The molecule has 3 rings (SSSR count). The van der Waals surface area contributed by atoms with E-state index in [0.717, 1.165) is 17.0 Å². The summed E-state index contributed by atoms with van der Waals surface area (Å²) in [6.45, 7) is 3.75. The highest BCUT2D eigenvalue weighted by molar-refractivity contribution is 7.09. The molecule has 0 aromatic carbocycles. The molecule has 9 heteroatoms. The van der Waals surface area contributed by atoms with Gasteiger partial charge in [-0.25, -0.2) is 4.98 Å². The Bertz CT molecular complexity index is 867. The third kappa shape index (κ3) is 3.69. The van der Waals surface area contributed by atoms with Gasteiger partial charge in [0.2, 0.25) is 5.91 Å². The molecule has 2 aromatic rings. The SMILES string of the molecule is Cc1nc(C(F)(F)F)ccc1C(=O)N1CCC1(C)C(=O)NCc1cccs1. The molecule has 2 amide bonds. The number of aromatic nitrogens is 1. The number of likely N-dealkylation sites (tertiary alicyclic amines) is 1. The van der Waals surface area contributed by atoms with E-state index in [1.54, 1.807) is 6.92 Å². The van der Waals surface area contributed by atoms with Crippen LogP contribution in [0, 0.1) is 6.92 Å². The summed E-state index contributed by atoms with van der Waals surface area (Å²) < 4.78 is 38.3. The summed E-state index contributed by atoms with van der Waals surface area (Å²) in [6.07, 6.45) is -4.08. The Morgan fingerprint density at radius 3 is 2.59 bits per heavy atom. The zero-order valence-corrected chi connectivity index (χ0v) is 15.6. The molecule has 1 saturated heterocycles. The van der Waals surface area contributed by atoms with Crippen LogP contribution in [0.15, 0.2) is 29.6 Å². The molecule has 0 aliphatic carbocycles. The highest BCUT2D eigenvalue weighted by Gasteiger charge is 2.49. The number of pyridine rings is 1. The smallest absolute Gasteiger partial charge is 0.349 e. The van der Waals surface area contributed by atoms with Crippen molar-refractivity contribution in [3.8, 4) is 0 Å². The Hall–Kier alpha value is -2.42. The summed E-state index contributed by atoms with van der Waals surface area (Å²) in [7, 11) is 0. The normalized spacial score (nSPS) is 19.5. The highest BCUT2D eigenvalue weighted by Crippen LogP contribution is 2.34. The number of carbonyl (C=O) groups excluding carboxylic acids is 2. The van der Waals surface area contributed by atoms with E-state index in [1.807, 2.05) is 17.5 Å². The molecule has 1 unspecified atom stereocenters. The number of nitrogens with zero attached hydrogens (tertiary/aromatic N) is 2. The van der Waals surface area contributed by atoms with Gasteiger partial charge in [-0.15, -0.1) is 11.3 Å². The second-order valence-corrected chi connectivity index (χ2v) is 7.60. The maximum Gasteiger partial charge on any atom is 0.433 e. The molecule has 1 aliphatic rings. The Balaban J connectivity index is 1.74. The van der Waals surface area contributed by atoms with Crippen LogP contribution in [-0.4, -0.2) is 33.8 Å². The van der Waals surface area contributed by atoms with Crippen molar-refractivity contribution in [2.75, 3.05) is 6.54 Å². The Kier molecular flexibility index (Phi) is 4.98. The molecule has 0 bridgehead atoms. The lowest BCUT2D eigenvalue weighted by atomic mass is 9.84. The second-order valence-electron chi connectivity index (χ2n) is 6.57. The molecule has 1 aliphatic heterocycles. The topological polar surface area (TPSA) is 62.3 Å². The van der Waals surface area contributed by atoms with Crippen molar-refractivity contribution < 1.29 is 22.8 Å². The van der Waals surface area contributed by atoms with E-state index in [1.165, 1.54) is 23.2 Å². The van der Waals surface area contributed by atoms with E-state index in [2.05, 4.69) is 10.3 Å². The van der Waals surface area contributed by atoms with Gasteiger partial charge in [-0.2, -0.15) is 13.2 Å². The van der Waals surface area contributed by atoms with E-state index in [-0.39, 0.29) is 17.2 Å². The van der Waals surface area contributed by atoms with Gasteiger partial charge in [-0.3, -0.25) is 9.59 Å². The Labute approximate surface area is 158 Å². The Morgan fingerprint density at radius 2 is 2.07 bits per heavy atom. The molecule has 144 valence electrons. The van der Waals surface area contributed by atoms with Crippen molar-refractivity contribution in [1.29, 1.82) is 0 Å². The molecule has 0 saturated carbocycles. The lowest BCUT2D eigenvalue weighted by Crippen LogP contribution is -2.67. The third-order valence-electron chi connectivity index (χ3n) is 4.76. The van der Waals surface area contributed by atoms with Gasteiger partial charge in [0, 0.05) is 11.4 Å². The van der Waals surface area contributed by atoms with Crippen molar-refractivity contribution in [1.82, 2.24) is 15.2 Å². The average molecular weight is 397 g/mol. The number of aryl methyl sites for hydroxylation is 1. The lowest BCUT2D eigenvalue weighted by Gasteiger charge is -2.49. The van der Waals surface area contributed by atoms with Crippen LogP contribution in [0.2, 0.25) is 0 Å². The monoisotopic (exact) mass is 397 g/mol. The van der Waals surface area contributed by atoms with E-state index < -0.39 is 23.3 Å². The maximum absolute atomic E-state index is 12.8. The quantitative estimate of drug-likeness (QED) is 0.860. The number of hydrogen-bond donors (Lipinski definition) is 1. The maximum atomic E-state index is 12.8. The van der Waals surface area contributed by atoms with Crippen LogP contribution in [0.1, 0.15) is 40.0 Å². The van der Waals surface area contributed by atoms with Crippen molar-refractivity contribution in [3.63, 3.8) is 0 Å². The van der Waals surface area contributed by atoms with Gasteiger partial charge in [0.15, 0.2) is 0 Å². The average Bonchev–Trinajstić information content (AvgIpc) is 3.10. The van der Waals surface area contributed by atoms with E-state index in [9.17, 15) is 22.8 Å². The molecule has 1 N–H and O–H groups in total. The fourth-order valence-electron chi connectivity index (χ4n) is 2.98. The number of amides is 2. The highest BCUT2D eigenvalue weighted by atomic mass is 32.1. The summed E-state index contributed by atoms with van der Waals surface area (Å²) in [5.74, 6) is -0.776. The van der Waals surface area contributed by atoms with Gasteiger partial charge in [-0.05, 0) is 43.8 Å². The fourth-order valence-corrected chi connectivity index (χ4v) is 3.63. The zero-order chi connectivity index (χ0) is 19.8. The van der Waals surface area contributed by atoms with Crippen LogP contribution in [0.4, 0.5) is 13.2 Å². The van der Waals surface area contributed by atoms with Crippen LogP contribution >= 0.6 is 11.3 Å². The number of halogens is 3. The standard InChI is InChI=1S/C18H18F3N3O2S/c1-11-13(5-6-14(23-11)18(19,20)21)15(25)24-8-7-17(24,2)16(26)22-10-12-4-3-9-27-12/h3-6,9H,7-8,10H2,1-2H3,(H,22,26). The molecule has 27 heavy (non-hydrogen) atoms. The van der Waals surface area contributed by atoms with Crippen LogP contribution in [-0.2, 0) is 17.5 Å². The lowest BCUT2D eigenvalue weighted by molar-refractivity contribution is -0.141. The van der Waals surface area contributed by atoms with E-state index >= 15 is 0 Å². The minimum atomic E-state index is -4.57. The predicted molar refractivity (Wildman–Crippen MR) is 94.2 cm³/mol. The summed E-state index contributed by atoms with van der Waals surface area (Å²) in [6, 6.07) is 5.69. The molecular formula is C18H18F3N3O2S. The number of rotatable bonds is 4. The second kappa shape index (κ2) is 6.95. The fraction of sp³-hybridized carbons (Fsp3) is 0.389. The minimum absolute atomic E-state index is 0.0110. The first-order chi connectivity index (χ1) is 12.6. The van der Waals surface area contributed by atoms with Crippen molar-refractivity contribution in [2.45, 2.75) is 38.5 Å². The first-order valence-electron chi connectivity index (χ1n) is 8.30. The van der Waals surface area contributed by atoms with Gasteiger partial charge >= 0.3 is 6.18 Å². The summed E-state index contributed by atoms with van der Waals surface area (Å²) >= 11 is 1.51. The summed E-state index contributed by atoms with van der Waals surface area (Å²) in [5, 5.41) is 4.73. The number of nitrogens with one attached hydrogen (secondary N) is 1. The number of hydrogen-bond acceptors (Lipinski definition) is 4. The molecule has 5 nitrogen and oxygen atoms in total. The summed E-state index contributed by atoms with van der Waals surface area (Å²) in [5.41, 5.74) is -2.01. The van der Waals surface area contributed by atoms with Gasteiger partial charge in [0.05, 0.1) is 17.8 Å². The van der Waals surface area contributed by atoms with Crippen LogP contribution in [0.25, 0.3) is 0 Å². The van der Waals surface area contributed by atoms with Gasteiger partial charge in [0.1, 0.15) is 11.2 Å². The molecule has 0 radical (unpaired) electrons. The van der Waals surface area contributed by atoms with Crippen LogP contribution in [0.3, 0.4) is 0 Å². The van der Waals surface area contributed by atoms with Crippen molar-refractivity contribution in [3.05, 3.63) is 51.5 Å². The van der Waals surface area contributed by atoms with Gasteiger partial charge < -0.3 is 10.2 Å². The zero-order valence-electron chi connectivity index (χ0n) is 14.8. The molecule has 1 atom stereocenters. The molecule has 1 fully saturated rings. The molecule has 2 aromatic heterocycles. The largest absolute Gasteiger partial charge is 0.433 e. The number of carbonyl (C=O) groups is 2. The van der Waals surface area contributed by atoms with E-state index in [0.29, 0.717) is 19.5 Å². The van der Waals surface area contributed by atoms with Crippen molar-refractivity contribution >= 4 is 23.2 Å². The molecule has 0 spiro atoms. The number of alkyl halides is 3. The minimum Gasteiger partial charge on any atom is -0.349 e. The first-order valence-corrected chi connectivity index (χ1v) is 9.18. The van der Waals surface area contributed by atoms with E-state index in [4.69, 9.17) is 0 Å². The summed E-state index contributed by atoms with van der Waals surface area (Å²) in [4.78, 5) is 31.3. The third-order valence-corrected chi connectivity index (χ3v) is 5.64. The first kappa shape index (κ1) is 19.3. The predicted octanol–water partition coefficient (Wildman–Crippen LogP) is 3.39. The number of thiophene rings is 1. The Morgan fingerprint density at radius 1 is 1.33 bits per heavy atom. The molecular weight excluding hydrogens is 379 g/mol. The molecule has 3 heterocycles. The van der Waals surface area contributed by atoms with Gasteiger partial charge in [0.25, 0.3) is 5.91 Å². The van der Waals surface area contributed by atoms with Crippen LogP contribution < -0.4 is 5.32 Å². The van der Waals surface area contributed by atoms with Gasteiger partial charge in [-0.1, -0.05) is 6.07 Å². The van der Waals surface area contributed by atoms with Crippen LogP contribution in [0.5, 0.6) is 0 Å².